The van der Waals surface area contributed by atoms with Crippen LogP contribution in [0.25, 0.3) is 0 Å². The predicted molar refractivity (Wildman–Crippen MR) is 96.2 cm³/mol. The topological polar surface area (TPSA) is 49.3 Å². The van der Waals surface area contributed by atoms with Gasteiger partial charge in [0.05, 0.1) is 5.56 Å². The predicted octanol–water partition coefficient (Wildman–Crippen LogP) is 4.28. The molecule has 1 fully saturated rings. The highest BCUT2D eigenvalue weighted by atomic mass is 16.4. The monoisotopic (exact) mass is 323 g/mol. The average Bonchev–Trinajstić information content (AvgIpc) is 3.05. The molecule has 2 N–H and O–H groups in total. The summed E-state index contributed by atoms with van der Waals surface area (Å²) in [4.78, 5) is 10.9. The molecule has 0 amide bonds. The molecule has 0 aromatic heterocycles. The molecule has 1 aliphatic carbocycles. The van der Waals surface area contributed by atoms with E-state index in [0.717, 1.165) is 25.1 Å². The van der Waals surface area contributed by atoms with Crippen molar-refractivity contribution < 1.29 is 9.90 Å². The Hall–Kier alpha value is -2.13. The Morgan fingerprint density at radius 3 is 2.25 bits per heavy atom. The molecule has 3 nitrogen and oxygen atoms in total. The maximum absolute atomic E-state index is 10.9. The zero-order valence-electron chi connectivity index (χ0n) is 14.0. The quantitative estimate of drug-likeness (QED) is 0.799. The summed E-state index contributed by atoms with van der Waals surface area (Å²) in [5.74, 6) is -0.873. The summed E-state index contributed by atoms with van der Waals surface area (Å²) in [6.45, 7) is 1.80. The standard InChI is InChI=1S/C21H25NO2/c23-20(24)19-10-8-18(9-11-19)15-22-16-21(12-4-5-13-21)14-17-6-2-1-3-7-17/h1-3,6-11,22H,4-5,12-16H2,(H,23,24). The fourth-order valence-electron chi connectivity index (χ4n) is 3.81. The van der Waals surface area contributed by atoms with Crippen LogP contribution in [0.3, 0.4) is 0 Å². The van der Waals surface area contributed by atoms with Gasteiger partial charge in [-0.15, -0.1) is 0 Å². The van der Waals surface area contributed by atoms with Gasteiger partial charge in [-0.2, -0.15) is 0 Å². The summed E-state index contributed by atoms with van der Waals surface area (Å²) in [6.07, 6.45) is 6.35. The molecule has 3 heteroatoms. The third-order valence-electron chi connectivity index (χ3n) is 5.12. The molecule has 1 aliphatic rings. The van der Waals surface area contributed by atoms with Crippen LogP contribution >= 0.6 is 0 Å². The number of aromatic carboxylic acids is 1. The van der Waals surface area contributed by atoms with Gasteiger partial charge < -0.3 is 10.4 Å². The highest BCUT2D eigenvalue weighted by Crippen LogP contribution is 2.40. The van der Waals surface area contributed by atoms with E-state index in [1.54, 1.807) is 12.1 Å². The Morgan fingerprint density at radius 2 is 1.62 bits per heavy atom. The van der Waals surface area contributed by atoms with Crippen LogP contribution in [0.2, 0.25) is 0 Å². The van der Waals surface area contributed by atoms with Crippen molar-refractivity contribution in [3.05, 3.63) is 71.3 Å². The van der Waals surface area contributed by atoms with E-state index < -0.39 is 5.97 Å². The van der Waals surface area contributed by atoms with Crippen LogP contribution in [0.15, 0.2) is 54.6 Å². The van der Waals surface area contributed by atoms with Crippen LogP contribution in [0.4, 0.5) is 0 Å². The Balaban J connectivity index is 1.57. The Kier molecular flexibility index (Phi) is 5.31. The first-order valence-electron chi connectivity index (χ1n) is 8.74. The Bertz CT molecular complexity index is 658. The molecule has 0 heterocycles. The molecule has 0 spiro atoms. The average molecular weight is 323 g/mol. The van der Waals surface area contributed by atoms with E-state index in [4.69, 9.17) is 5.11 Å². The largest absolute Gasteiger partial charge is 0.478 e. The van der Waals surface area contributed by atoms with Gasteiger partial charge in [0, 0.05) is 13.1 Å². The summed E-state index contributed by atoms with van der Waals surface area (Å²) >= 11 is 0. The van der Waals surface area contributed by atoms with Gasteiger partial charge in [-0.1, -0.05) is 55.3 Å². The normalized spacial score (nSPS) is 16.2. The van der Waals surface area contributed by atoms with Gasteiger partial charge >= 0.3 is 5.97 Å². The van der Waals surface area contributed by atoms with Crippen molar-refractivity contribution in [2.75, 3.05) is 6.54 Å². The molecule has 0 atom stereocenters. The van der Waals surface area contributed by atoms with E-state index in [0.29, 0.717) is 11.0 Å². The fraction of sp³-hybridized carbons (Fsp3) is 0.381. The van der Waals surface area contributed by atoms with E-state index in [9.17, 15) is 4.79 Å². The van der Waals surface area contributed by atoms with Crippen molar-refractivity contribution in [1.29, 1.82) is 0 Å². The summed E-state index contributed by atoms with van der Waals surface area (Å²) in [7, 11) is 0. The van der Waals surface area contributed by atoms with Crippen molar-refractivity contribution in [3.63, 3.8) is 0 Å². The maximum atomic E-state index is 10.9. The number of benzene rings is 2. The second-order valence-electron chi connectivity index (χ2n) is 6.98. The summed E-state index contributed by atoms with van der Waals surface area (Å²) < 4.78 is 0. The molecule has 2 aromatic carbocycles. The molecule has 3 rings (SSSR count). The van der Waals surface area contributed by atoms with Crippen LogP contribution in [-0.2, 0) is 13.0 Å². The van der Waals surface area contributed by atoms with Gasteiger partial charge in [0.2, 0.25) is 0 Å². The van der Waals surface area contributed by atoms with E-state index in [-0.39, 0.29) is 0 Å². The van der Waals surface area contributed by atoms with Crippen molar-refractivity contribution in [2.45, 2.75) is 38.6 Å². The van der Waals surface area contributed by atoms with Crippen molar-refractivity contribution in [3.8, 4) is 0 Å². The maximum Gasteiger partial charge on any atom is 0.335 e. The molecule has 0 bridgehead atoms. The lowest BCUT2D eigenvalue weighted by atomic mass is 9.80. The van der Waals surface area contributed by atoms with Crippen LogP contribution in [0, 0.1) is 5.41 Å². The zero-order chi connectivity index (χ0) is 16.8. The van der Waals surface area contributed by atoms with Gasteiger partial charge in [0.25, 0.3) is 0 Å². The van der Waals surface area contributed by atoms with Gasteiger partial charge in [-0.25, -0.2) is 4.79 Å². The van der Waals surface area contributed by atoms with Crippen LogP contribution in [-0.4, -0.2) is 17.6 Å². The molecule has 126 valence electrons. The number of hydrogen-bond donors (Lipinski definition) is 2. The molecule has 0 aliphatic heterocycles. The van der Waals surface area contributed by atoms with E-state index >= 15 is 0 Å². The van der Waals surface area contributed by atoms with E-state index in [2.05, 4.69) is 35.6 Å². The van der Waals surface area contributed by atoms with Crippen LogP contribution in [0.5, 0.6) is 0 Å². The van der Waals surface area contributed by atoms with E-state index in [1.807, 2.05) is 12.1 Å². The second-order valence-corrected chi connectivity index (χ2v) is 6.98. The minimum atomic E-state index is -0.873. The Labute approximate surface area is 143 Å². The third kappa shape index (κ3) is 4.24. The molecular weight excluding hydrogens is 298 g/mol. The van der Waals surface area contributed by atoms with Crippen molar-refractivity contribution in [1.82, 2.24) is 5.32 Å². The SMILES string of the molecule is O=C(O)c1ccc(CNCC2(Cc3ccccc3)CCCC2)cc1. The molecule has 24 heavy (non-hydrogen) atoms. The lowest BCUT2D eigenvalue weighted by Crippen LogP contribution is -2.33. The lowest BCUT2D eigenvalue weighted by molar-refractivity contribution is 0.0697. The first-order valence-corrected chi connectivity index (χ1v) is 8.74. The van der Waals surface area contributed by atoms with Gasteiger partial charge in [0.15, 0.2) is 0 Å². The van der Waals surface area contributed by atoms with Crippen LogP contribution in [0.1, 0.15) is 47.2 Å². The first kappa shape index (κ1) is 16.7. The number of hydrogen-bond acceptors (Lipinski definition) is 2. The van der Waals surface area contributed by atoms with Crippen LogP contribution < -0.4 is 5.32 Å². The smallest absolute Gasteiger partial charge is 0.335 e. The minimum Gasteiger partial charge on any atom is -0.478 e. The molecule has 0 radical (unpaired) electrons. The molecule has 2 aromatic rings. The van der Waals surface area contributed by atoms with Crippen molar-refractivity contribution >= 4 is 5.97 Å². The summed E-state index contributed by atoms with van der Waals surface area (Å²) in [5, 5.41) is 12.6. The van der Waals surface area contributed by atoms with Gasteiger partial charge in [-0.3, -0.25) is 0 Å². The van der Waals surface area contributed by atoms with E-state index in [1.165, 1.54) is 31.2 Å². The fourth-order valence-corrected chi connectivity index (χ4v) is 3.81. The van der Waals surface area contributed by atoms with Crippen molar-refractivity contribution in [2.24, 2.45) is 5.41 Å². The summed E-state index contributed by atoms with van der Waals surface area (Å²) in [5.41, 5.74) is 3.26. The zero-order valence-corrected chi connectivity index (χ0v) is 14.0. The minimum absolute atomic E-state index is 0.343. The number of carboxylic acid groups (broad SMARTS) is 1. The third-order valence-corrected chi connectivity index (χ3v) is 5.12. The highest BCUT2D eigenvalue weighted by Gasteiger charge is 2.33. The Morgan fingerprint density at radius 1 is 0.958 bits per heavy atom. The lowest BCUT2D eigenvalue weighted by Gasteiger charge is -2.30. The first-order chi connectivity index (χ1) is 11.7. The highest BCUT2D eigenvalue weighted by molar-refractivity contribution is 5.87. The summed E-state index contributed by atoms with van der Waals surface area (Å²) in [6, 6.07) is 17.9. The van der Waals surface area contributed by atoms with Gasteiger partial charge in [-0.05, 0) is 47.9 Å². The molecule has 0 saturated heterocycles. The number of nitrogens with one attached hydrogen (secondary N) is 1. The molecule has 1 saturated carbocycles. The second kappa shape index (κ2) is 7.63. The molecular formula is C21H25NO2. The number of rotatable bonds is 7. The number of carboxylic acids is 1. The van der Waals surface area contributed by atoms with Gasteiger partial charge in [0.1, 0.15) is 0 Å². The molecule has 0 unspecified atom stereocenters. The number of carbonyl (C=O) groups is 1.